The van der Waals surface area contributed by atoms with Crippen molar-refractivity contribution in [3.8, 4) is 11.5 Å². The molecule has 0 unspecified atom stereocenters. The first kappa shape index (κ1) is 21.1. The van der Waals surface area contributed by atoms with E-state index in [0.29, 0.717) is 23.0 Å². The second-order valence-corrected chi connectivity index (χ2v) is 6.12. The summed E-state index contributed by atoms with van der Waals surface area (Å²) in [6.07, 6.45) is 1.48. The third-order valence-corrected chi connectivity index (χ3v) is 4.11. The number of carbonyl (C=O) groups excluding carboxylic acids is 1. The maximum Gasteiger partial charge on any atom is 0.315 e. The summed E-state index contributed by atoms with van der Waals surface area (Å²) in [5, 5.41) is 17.5. The lowest BCUT2D eigenvalue weighted by Crippen LogP contribution is -2.07. The predicted molar refractivity (Wildman–Crippen MR) is 104 cm³/mol. The molecule has 28 heavy (non-hydrogen) atoms. The van der Waals surface area contributed by atoms with Crippen molar-refractivity contribution in [2.75, 3.05) is 25.7 Å². The minimum Gasteiger partial charge on any atom is -0.493 e. The second kappa shape index (κ2) is 10.2. The van der Waals surface area contributed by atoms with Gasteiger partial charge in [0.1, 0.15) is 0 Å². The number of esters is 1. The van der Waals surface area contributed by atoms with E-state index in [4.69, 9.17) is 14.2 Å². The van der Waals surface area contributed by atoms with E-state index in [0.717, 1.165) is 0 Å². The summed E-state index contributed by atoms with van der Waals surface area (Å²) in [7, 11) is 1.40. The number of methoxy groups -OCH3 is 1. The molecular weight excluding hydrogens is 388 g/mol. The average Bonchev–Trinajstić information content (AvgIpc) is 3.09. The van der Waals surface area contributed by atoms with Gasteiger partial charge in [-0.25, -0.2) is 4.98 Å². The zero-order chi connectivity index (χ0) is 20.5. The first-order valence-electron chi connectivity index (χ1n) is 8.36. The minimum absolute atomic E-state index is 0.0728. The lowest BCUT2D eigenvalue weighted by molar-refractivity contribution is -0.385. The first-order chi connectivity index (χ1) is 13.5. The smallest absolute Gasteiger partial charge is 0.315 e. The van der Waals surface area contributed by atoms with Gasteiger partial charge in [-0.05, 0) is 19.9 Å². The van der Waals surface area contributed by atoms with Crippen molar-refractivity contribution in [2.24, 2.45) is 5.10 Å². The van der Waals surface area contributed by atoms with Gasteiger partial charge < -0.3 is 14.2 Å². The fourth-order valence-electron chi connectivity index (χ4n) is 2.22. The van der Waals surface area contributed by atoms with Gasteiger partial charge in [0.25, 0.3) is 0 Å². The summed E-state index contributed by atoms with van der Waals surface area (Å²) in [6.45, 7) is 4.05. The topological polar surface area (TPSA) is 125 Å². The molecule has 0 aliphatic carbocycles. The summed E-state index contributed by atoms with van der Waals surface area (Å²) in [6, 6.07) is 2.92. The van der Waals surface area contributed by atoms with Crippen molar-refractivity contribution < 1.29 is 23.9 Å². The number of nitro benzene ring substituents is 1. The molecule has 1 heterocycles. The Bertz CT molecular complexity index is 867. The number of hydrazone groups is 1. The van der Waals surface area contributed by atoms with E-state index in [1.807, 2.05) is 0 Å². The van der Waals surface area contributed by atoms with E-state index in [1.165, 1.54) is 30.7 Å². The van der Waals surface area contributed by atoms with E-state index in [-0.39, 0.29) is 36.2 Å². The van der Waals surface area contributed by atoms with Crippen LogP contribution in [0.1, 0.15) is 25.1 Å². The highest BCUT2D eigenvalue weighted by molar-refractivity contribution is 7.13. The fourth-order valence-corrected chi connectivity index (χ4v) is 2.88. The minimum atomic E-state index is -0.541. The average molecular weight is 408 g/mol. The van der Waals surface area contributed by atoms with Crippen molar-refractivity contribution in [3.05, 3.63) is 38.9 Å². The van der Waals surface area contributed by atoms with Gasteiger partial charge in [-0.1, -0.05) is 0 Å². The van der Waals surface area contributed by atoms with Gasteiger partial charge in [-0.3, -0.25) is 20.3 Å². The van der Waals surface area contributed by atoms with Crippen LogP contribution in [0.5, 0.6) is 11.5 Å². The quantitative estimate of drug-likeness (QED) is 0.275. The summed E-state index contributed by atoms with van der Waals surface area (Å²) >= 11 is 1.27. The number of nitrogens with one attached hydrogen (secondary N) is 1. The van der Waals surface area contributed by atoms with Gasteiger partial charge in [0, 0.05) is 17.0 Å². The monoisotopic (exact) mass is 408 g/mol. The van der Waals surface area contributed by atoms with Crippen molar-refractivity contribution in [3.63, 3.8) is 0 Å². The molecule has 0 atom stereocenters. The molecule has 1 N–H and O–H groups in total. The van der Waals surface area contributed by atoms with Crippen LogP contribution in [0.4, 0.5) is 10.8 Å². The zero-order valence-electron chi connectivity index (χ0n) is 15.6. The molecular formula is C17H20N4O6S. The normalized spacial score (nSPS) is 10.7. The maximum atomic E-state index is 11.5. The molecule has 1 aromatic heterocycles. The zero-order valence-corrected chi connectivity index (χ0v) is 16.4. The number of rotatable bonds is 10. The Morgan fingerprint density at radius 1 is 1.39 bits per heavy atom. The number of nitrogens with zero attached hydrogens (tertiary/aromatic N) is 3. The third-order valence-electron chi connectivity index (χ3n) is 3.32. The number of thiazole rings is 1. The Morgan fingerprint density at radius 2 is 2.18 bits per heavy atom. The van der Waals surface area contributed by atoms with Crippen molar-refractivity contribution in [1.29, 1.82) is 0 Å². The van der Waals surface area contributed by atoms with Crippen LogP contribution < -0.4 is 14.9 Å². The molecule has 0 bridgehead atoms. The maximum absolute atomic E-state index is 11.5. The number of anilines is 1. The van der Waals surface area contributed by atoms with Crippen LogP contribution in [0, 0.1) is 10.1 Å². The number of nitro groups is 1. The number of carbonyl (C=O) groups is 1. The van der Waals surface area contributed by atoms with E-state index >= 15 is 0 Å². The molecule has 11 heteroatoms. The van der Waals surface area contributed by atoms with E-state index in [1.54, 1.807) is 25.3 Å². The summed E-state index contributed by atoms with van der Waals surface area (Å²) in [4.78, 5) is 26.5. The number of benzene rings is 1. The number of hydrogen-bond donors (Lipinski definition) is 1. The molecule has 0 saturated heterocycles. The lowest BCUT2D eigenvalue weighted by atomic mass is 10.2. The standard InChI is InChI=1S/C17H20N4O6S/c1-4-26-15(22)8-12-10-28-17(19-12)20-18-9-11-6-13(21(23)24)16(27-5-2)14(7-11)25-3/h6-7,9-10H,4-5,8H2,1-3H3,(H,19,20)/b18-9-. The van der Waals surface area contributed by atoms with Gasteiger partial charge in [0.05, 0.1) is 43.6 Å². The number of ether oxygens (including phenoxy) is 3. The van der Waals surface area contributed by atoms with Gasteiger partial charge in [0.2, 0.25) is 10.9 Å². The van der Waals surface area contributed by atoms with Crippen LogP contribution in [0.3, 0.4) is 0 Å². The molecule has 1 aromatic carbocycles. The Balaban J connectivity index is 2.12. The van der Waals surface area contributed by atoms with Crippen LogP contribution in [0.2, 0.25) is 0 Å². The Labute approximate surface area is 165 Å². The largest absolute Gasteiger partial charge is 0.493 e. The molecule has 0 amide bonds. The van der Waals surface area contributed by atoms with E-state index in [2.05, 4.69) is 15.5 Å². The Kier molecular flexibility index (Phi) is 7.69. The molecule has 0 fully saturated rings. The highest BCUT2D eigenvalue weighted by Crippen LogP contribution is 2.37. The predicted octanol–water partition coefficient (Wildman–Crippen LogP) is 3.01. The summed E-state index contributed by atoms with van der Waals surface area (Å²) < 4.78 is 15.4. The molecule has 0 aliphatic heterocycles. The molecule has 0 spiro atoms. The van der Waals surface area contributed by atoms with Gasteiger partial charge >= 0.3 is 11.7 Å². The molecule has 0 saturated carbocycles. The first-order valence-corrected chi connectivity index (χ1v) is 9.24. The Hall–Kier alpha value is -3.21. The molecule has 150 valence electrons. The Morgan fingerprint density at radius 3 is 2.82 bits per heavy atom. The van der Waals surface area contributed by atoms with Gasteiger partial charge in [-0.15, -0.1) is 11.3 Å². The van der Waals surface area contributed by atoms with Crippen LogP contribution in [-0.2, 0) is 16.0 Å². The molecule has 2 rings (SSSR count). The van der Waals surface area contributed by atoms with Gasteiger partial charge in [-0.2, -0.15) is 5.10 Å². The highest BCUT2D eigenvalue weighted by atomic mass is 32.1. The number of aromatic nitrogens is 1. The lowest BCUT2D eigenvalue weighted by Gasteiger charge is -2.10. The number of hydrogen-bond acceptors (Lipinski definition) is 10. The van der Waals surface area contributed by atoms with Crippen LogP contribution in [0.25, 0.3) is 0 Å². The molecule has 0 aliphatic rings. The summed E-state index contributed by atoms with van der Waals surface area (Å²) in [5.41, 5.74) is 3.53. The fraction of sp³-hybridized carbons (Fsp3) is 0.353. The van der Waals surface area contributed by atoms with E-state index in [9.17, 15) is 14.9 Å². The van der Waals surface area contributed by atoms with E-state index < -0.39 is 4.92 Å². The molecule has 0 radical (unpaired) electrons. The third kappa shape index (κ3) is 5.64. The highest BCUT2D eigenvalue weighted by Gasteiger charge is 2.21. The van der Waals surface area contributed by atoms with Crippen LogP contribution in [0.15, 0.2) is 22.6 Å². The molecule has 2 aromatic rings. The molecule has 10 nitrogen and oxygen atoms in total. The van der Waals surface area contributed by atoms with Gasteiger partial charge in [0.15, 0.2) is 5.75 Å². The van der Waals surface area contributed by atoms with Crippen LogP contribution >= 0.6 is 11.3 Å². The second-order valence-electron chi connectivity index (χ2n) is 5.26. The van der Waals surface area contributed by atoms with Crippen molar-refractivity contribution in [1.82, 2.24) is 4.98 Å². The SMILES string of the molecule is CCOC(=O)Cc1csc(N/N=C\c2cc(OC)c(OCC)c([N+](=O)[O-])c2)n1. The van der Waals surface area contributed by atoms with Crippen molar-refractivity contribution >= 4 is 34.3 Å². The van der Waals surface area contributed by atoms with Crippen molar-refractivity contribution in [2.45, 2.75) is 20.3 Å². The summed E-state index contributed by atoms with van der Waals surface area (Å²) in [5.74, 6) is -0.0382. The van der Waals surface area contributed by atoms with Crippen LogP contribution in [-0.4, -0.2) is 42.4 Å².